The summed E-state index contributed by atoms with van der Waals surface area (Å²) < 4.78 is 5.17. The quantitative estimate of drug-likeness (QED) is 0.807. The summed E-state index contributed by atoms with van der Waals surface area (Å²) >= 11 is 1.59. The molecule has 0 saturated carbocycles. The van der Waals surface area contributed by atoms with Gasteiger partial charge >= 0.3 is 0 Å². The number of carbonyl (C=O) groups is 1. The first-order valence-electron chi connectivity index (χ1n) is 6.27. The molecule has 0 radical (unpaired) electrons. The second-order valence-electron chi connectivity index (χ2n) is 4.31. The minimum absolute atomic E-state index is 0.0465. The highest BCUT2D eigenvalue weighted by Gasteiger charge is 2.11. The summed E-state index contributed by atoms with van der Waals surface area (Å²) in [4.78, 5) is 11.8. The van der Waals surface area contributed by atoms with Gasteiger partial charge in [-0.25, -0.2) is 0 Å². The summed E-state index contributed by atoms with van der Waals surface area (Å²) in [6, 6.07) is 7.32. The van der Waals surface area contributed by atoms with Gasteiger partial charge in [0.2, 0.25) is 5.91 Å². The van der Waals surface area contributed by atoms with Crippen molar-refractivity contribution in [2.75, 3.05) is 18.2 Å². The van der Waals surface area contributed by atoms with E-state index in [4.69, 9.17) is 4.74 Å². The molecule has 0 aliphatic heterocycles. The van der Waals surface area contributed by atoms with Crippen molar-refractivity contribution < 1.29 is 14.6 Å². The van der Waals surface area contributed by atoms with Crippen LogP contribution in [0.25, 0.3) is 0 Å². The Hall–Kier alpha value is -1.20. The van der Waals surface area contributed by atoms with Crippen LogP contribution in [0.15, 0.2) is 24.3 Å². The third-order valence-corrected chi connectivity index (χ3v) is 4.13. The Morgan fingerprint density at radius 3 is 2.74 bits per heavy atom. The maximum Gasteiger partial charge on any atom is 0.225 e. The number of amides is 1. The summed E-state index contributed by atoms with van der Waals surface area (Å²) in [6.45, 7) is 3.71. The zero-order valence-corrected chi connectivity index (χ0v) is 12.4. The van der Waals surface area contributed by atoms with E-state index in [-0.39, 0.29) is 17.3 Å². The van der Waals surface area contributed by atoms with Crippen LogP contribution in [0.4, 0.5) is 5.69 Å². The van der Waals surface area contributed by atoms with E-state index in [1.807, 2.05) is 25.1 Å². The van der Waals surface area contributed by atoms with Gasteiger partial charge in [-0.15, -0.1) is 0 Å². The van der Waals surface area contributed by atoms with Crippen LogP contribution >= 0.6 is 11.8 Å². The molecule has 0 aliphatic rings. The van der Waals surface area contributed by atoms with Gasteiger partial charge in [0.1, 0.15) is 5.75 Å². The lowest BCUT2D eigenvalue weighted by molar-refractivity contribution is -0.115. The first-order chi connectivity index (χ1) is 9.04. The van der Waals surface area contributed by atoms with Crippen molar-refractivity contribution >= 4 is 23.4 Å². The summed E-state index contributed by atoms with van der Waals surface area (Å²) in [6.07, 6.45) is 0.0574. The lowest BCUT2D eigenvalue weighted by atomic mass is 10.3. The molecule has 0 saturated heterocycles. The number of thioether (sulfide) groups is 1. The van der Waals surface area contributed by atoms with Crippen LogP contribution in [-0.4, -0.2) is 35.2 Å². The average Bonchev–Trinajstić information content (AvgIpc) is 2.39. The normalized spacial score (nSPS) is 13.7. The summed E-state index contributed by atoms with van der Waals surface area (Å²) in [5.74, 6) is 1.29. The molecule has 19 heavy (non-hydrogen) atoms. The number of ether oxygens (including phenoxy) is 1. The highest BCUT2D eigenvalue weighted by molar-refractivity contribution is 7.99. The molecule has 1 rings (SSSR count). The number of hydrogen-bond donors (Lipinski definition) is 2. The first-order valence-corrected chi connectivity index (χ1v) is 7.32. The maximum absolute atomic E-state index is 11.8. The Balaban J connectivity index is 2.39. The molecule has 0 aliphatic carbocycles. The maximum atomic E-state index is 11.8. The molecule has 106 valence electrons. The molecule has 0 heterocycles. The molecule has 5 heteroatoms. The minimum atomic E-state index is -0.359. The van der Waals surface area contributed by atoms with E-state index in [1.54, 1.807) is 31.9 Å². The highest BCUT2D eigenvalue weighted by atomic mass is 32.2. The van der Waals surface area contributed by atoms with Gasteiger partial charge in [0.25, 0.3) is 0 Å². The van der Waals surface area contributed by atoms with E-state index in [2.05, 4.69) is 5.32 Å². The molecule has 1 amide bonds. The first kappa shape index (κ1) is 15.9. The molecule has 0 spiro atoms. The average molecular weight is 283 g/mol. The van der Waals surface area contributed by atoms with E-state index in [9.17, 15) is 9.90 Å². The van der Waals surface area contributed by atoms with E-state index >= 15 is 0 Å². The van der Waals surface area contributed by atoms with Gasteiger partial charge in [-0.05, 0) is 19.1 Å². The third-order valence-electron chi connectivity index (χ3n) is 2.77. The Labute approximate surface area is 118 Å². The molecule has 0 aromatic heterocycles. The number of methoxy groups -OCH3 is 1. The SMILES string of the molecule is COc1ccccc1NC(=O)CCSC(C)C(C)O. The van der Waals surface area contributed by atoms with Gasteiger partial charge < -0.3 is 15.2 Å². The molecule has 1 aromatic carbocycles. The number of aliphatic hydroxyl groups excluding tert-OH is 1. The fourth-order valence-corrected chi connectivity index (χ4v) is 2.39. The Kier molecular flexibility index (Phi) is 6.73. The van der Waals surface area contributed by atoms with Gasteiger partial charge in [-0.1, -0.05) is 19.1 Å². The Morgan fingerprint density at radius 2 is 2.11 bits per heavy atom. The lowest BCUT2D eigenvalue weighted by Crippen LogP contribution is -2.18. The lowest BCUT2D eigenvalue weighted by Gasteiger charge is -2.14. The van der Waals surface area contributed by atoms with Crippen LogP contribution in [0.5, 0.6) is 5.75 Å². The van der Waals surface area contributed by atoms with Gasteiger partial charge in [0.15, 0.2) is 0 Å². The summed E-state index contributed by atoms with van der Waals surface area (Å²) in [7, 11) is 1.57. The number of anilines is 1. The Morgan fingerprint density at radius 1 is 1.42 bits per heavy atom. The largest absolute Gasteiger partial charge is 0.495 e. The predicted molar refractivity (Wildman–Crippen MR) is 79.8 cm³/mol. The molecule has 2 N–H and O–H groups in total. The Bertz CT molecular complexity index is 409. The summed E-state index contributed by atoms with van der Waals surface area (Å²) in [5.41, 5.74) is 0.684. The molecule has 2 unspecified atom stereocenters. The van der Waals surface area contributed by atoms with Crippen molar-refractivity contribution in [2.45, 2.75) is 31.6 Å². The smallest absolute Gasteiger partial charge is 0.225 e. The number of benzene rings is 1. The van der Waals surface area contributed by atoms with E-state index in [0.29, 0.717) is 23.6 Å². The number of para-hydroxylation sites is 2. The number of carbonyl (C=O) groups excluding carboxylic acids is 1. The minimum Gasteiger partial charge on any atom is -0.495 e. The van der Waals surface area contributed by atoms with E-state index in [0.717, 1.165) is 0 Å². The molecular formula is C14H21NO3S. The van der Waals surface area contributed by atoms with Gasteiger partial charge in [0, 0.05) is 17.4 Å². The molecule has 0 bridgehead atoms. The van der Waals surface area contributed by atoms with Crippen LogP contribution in [0, 0.1) is 0 Å². The van der Waals surface area contributed by atoms with Crippen molar-refractivity contribution in [2.24, 2.45) is 0 Å². The second kappa shape index (κ2) is 8.07. The summed E-state index contributed by atoms with van der Waals surface area (Å²) in [5, 5.41) is 12.3. The molecular weight excluding hydrogens is 262 g/mol. The van der Waals surface area contributed by atoms with Crippen molar-refractivity contribution in [3.8, 4) is 5.75 Å². The number of hydrogen-bond acceptors (Lipinski definition) is 4. The highest BCUT2D eigenvalue weighted by Crippen LogP contribution is 2.23. The molecule has 0 fully saturated rings. The van der Waals surface area contributed by atoms with Crippen LogP contribution in [0.1, 0.15) is 20.3 Å². The fraction of sp³-hybridized carbons (Fsp3) is 0.500. The van der Waals surface area contributed by atoms with Crippen molar-refractivity contribution in [3.63, 3.8) is 0 Å². The standard InChI is InChI=1S/C14H21NO3S/c1-10(16)11(2)19-9-8-14(17)15-12-6-4-5-7-13(12)18-3/h4-7,10-11,16H,8-9H2,1-3H3,(H,15,17). The molecule has 4 nitrogen and oxygen atoms in total. The molecule has 2 atom stereocenters. The van der Waals surface area contributed by atoms with Crippen LogP contribution in [-0.2, 0) is 4.79 Å². The van der Waals surface area contributed by atoms with Crippen molar-refractivity contribution in [1.29, 1.82) is 0 Å². The van der Waals surface area contributed by atoms with E-state index in [1.165, 1.54) is 0 Å². The molecule has 1 aromatic rings. The van der Waals surface area contributed by atoms with Crippen molar-refractivity contribution in [1.82, 2.24) is 0 Å². The van der Waals surface area contributed by atoms with Gasteiger partial charge in [-0.3, -0.25) is 4.79 Å². The number of rotatable bonds is 7. The monoisotopic (exact) mass is 283 g/mol. The van der Waals surface area contributed by atoms with Gasteiger partial charge in [-0.2, -0.15) is 11.8 Å². The zero-order chi connectivity index (χ0) is 14.3. The van der Waals surface area contributed by atoms with Crippen molar-refractivity contribution in [3.05, 3.63) is 24.3 Å². The number of aliphatic hydroxyl groups is 1. The zero-order valence-electron chi connectivity index (χ0n) is 11.6. The second-order valence-corrected chi connectivity index (χ2v) is 5.80. The van der Waals surface area contributed by atoms with Crippen LogP contribution < -0.4 is 10.1 Å². The third kappa shape index (κ3) is 5.53. The van der Waals surface area contributed by atoms with Crippen LogP contribution in [0.3, 0.4) is 0 Å². The van der Waals surface area contributed by atoms with Crippen LogP contribution in [0.2, 0.25) is 0 Å². The van der Waals surface area contributed by atoms with Gasteiger partial charge in [0.05, 0.1) is 18.9 Å². The number of nitrogens with one attached hydrogen (secondary N) is 1. The topological polar surface area (TPSA) is 58.6 Å². The fourth-order valence-electron chi connectivity index (χ4n) is 1.44. The van der Waals surface area contributed by atoms with E-state index < -0.39 is 0 Å². The predicted octanol–water partition coefficient (Wildman–Crippen LogP) is 2.53.